The lowest BCUT2D eigenvalue weighted by Gasteiger charge is -2.26. The minimum Gasteiger partial charge on any atom is -0.384 e. The summed E-state index contributed by atoms with van der Waals surface area (Å²) in [6, 6.07) is 8.21. The molecule has 2 nitrogen and oxygen atoms in total. The summed E-state index contributed by atoms with van der Waals surface area (Å²) in [7, 11) is 0. The molecule has 1 aromatic heterocycles. The van der Waals surface area contributed by atoms with E-state index in [0.29, 0.717) is 12.1 Å². The third-order valence-electron chi connectivity index (χ3n) is 3.26. The Morgan fingerprint density at radius 2 is 2.00 bits per heavy atom. The Morgan fingerprint density at radius 1 is 1.32 bits per heavy atom. The molecule has 0 aliphatic carbocycles. The van der Waals surface area contributed by atoms with Crippen LogP contribution in [0, 0.1) is 5.82 Å². The van der Waals surface area contributed by atoms with E-state index < -0.39 is 5.60 Å². The van der Waals surface area contributed by atoms with E-state index in [1.165, 1.54) is 17.7 Å². The van der Waals surface area contributed by atoms with Crippen molar-refractivity contribution in [3.8, 4) is 0 Å². The number of nitrogens with one attached hydrogen (secondary N) is 1. The van der Waals surface area contributed by atoms with Crippen LogP contribution in [-0.2, 0) is 5.60 Å². The molecule has 0 bridgehead atoms. The van der Waals surface area contributed by atoms with Gasteiger partial charge in [-0.1, -0.05) is 12.1 Å². The van der Waals surface area contributed by atoms with Gasteiger partial charge in [-0.15, -0.1) is 0 Å². The summed E-state index contributed by atoms with van der Waals surface area (Å²) in [5, 5.41) is 17.9. The number of hydrogen-bond acceptors (Lipinski definition) is 3. The zero-order valence-electron chi connectivity index (χ0n) is 11.1. The van der Waals surface area contributed by atoms with Crippen molar-refractivity contribution in [1.82, 2.24) is 5.32 Å². The van der Waals surface area contributed by atoms with E-state index in [-0.39, 0.29) is 11.9 Å². The Bertz CT molecular complexity index is 507. The molecule has 0 saturated carbocycles. The van der Waals surface area contributed by atoms with Crippen LogP contribution < -0.4 is 5.32 Å². The average Bonchev–Trinajstić information content (AvgIpc) is 2.90. The highest BCUT2D eigenvalue weighted by Gasteiger charge is 2.23. The van der Waals surface area contributed by atoms with Gasteiger partial charge in [-0.05, 0) is 53.9 Å². The second-order valence-electron chi connectivity index (χ2n) is 4.94. The summed E-state index contributed by atoms with van der Waals surface area (Å²) in [5.74, 6) is -0.292. The lowest BCUT2D eigenvalue weighted by Crippen LogP contribution is -2.36. The molecule has 2 rings (SSSR count). The molecule has 0 fully saturated rings. The van der Waals surface area contributed by atoms with Crippen LogP contribution in [0.1, 0.15) is 31.0 Å². The fourth-order valence-electron chi connectivity index (χ4n) is 1.90. The van der Waals surface area contributed by atoms with Crippen LogP contribution >= 0.6 is 11.3 Å². The van der Waals surface area contributed by atoms with Gasteiger partial charge in [0.05, 0.1) is 5.60 Å². The maximum absolute atomic E-state index is 12.9. The lowest BCUT2D eigenvalue weighted by molar-refractivity contribution is 0.0543. The zero-order valence-corrected chi connectivity index (χ0v) is 11.9. The second kappa shape index (κ2) is 5.82. The van der Waals surface area contributed by atoms with E-state index in [1.807, 2.05) is 5.38 Å². The third kappa shape index (κ3) is 3.62. The van der Waals surface area contributed by atoms with Crippen molar-refractivity contribution in [1.29, 1.82) is 0 Å². The molecule has 0 saturated heterocycles. The molecule has 0 amide bonds. The molecule has 0 spiro atoms. The number of hydrogen-bond donors (Lipinski definition) is 2. The van der Waals surface area contributed by atoms with Gasteiger partial charge in [0, 0.05) is 12.6 Å². The maximum atomic E-state index is 12.9. The van der Waals surface area contributed by atoms with E-state index in [0.717, 1.165) is 0 Å². The molecule has 102 valence electrons. The summed E-state index contributed by atoms with van der Waals surface area (Å²) in [6.07, 6.45) is 0. The molecule has 2 atom stereocenters. The van der Waals surface area contributed by atoms with Crippen molar-refractivity contribution in [3.63, 3.8) is 0 Å². The molecule has 0 aliphatic rings. The molecule has 2 N–H and O–H groups in total. The Hall–Kier alpha value is -1.23. The standard InChI is InChI=1S/C15H18FNOS/c1-11(12-7-8-19-9-12)17-10-15(2,18)13-3-5-14(16)6-4-13/h3-9,11,17-18H,10H2,1-2H3. The van der Waals surface area contributed by atoms with Crippen LogP contribution in [-0.4, -0.2) is 11.7 Å². The first-order valence-electron chi connectivity index (χ1n) is 6.23. The van der Waals surface area contributed by atoms with Crippen LogP contribution in [0.3, 0.4) is 0 Å². The predicted molar refractivity (Wildman–Crippen MR) is 76.7 cm³/mol. The quantitative estimate of drug-likeness (QED) is 0.878. The maximum Gasteiger partial charge on any atom is 0.123 e. The Morgan fingerprint density at radius 3 is 2.58 bits per heavy atom. The summed E-state index contributed by atoms with van der Waals surface area (Å²) < 4.78 is 12.9. The third-order valence-corrected chi connectivity index (χ3v) is 3.96. The van der Waals surface area contributed by atoms with E-state index >= 15 is 0 Å². The van der Waals surface area contributed by atoms with Gasteiger partial charge >= 0.3 is 0 Å². The molecule has 2 aromatic rings. The lowest BCUT2D eigenvalue weighted by atomic mass is 9.95. The Labute approximate surface area is 116 Å². The minimum atomic E-state index is -1.02. The van der Waals surface area contributed by atoms with Gasteiger partial charge in [0.2, 0.25) is 0 Å². The van der Waals surface area contributed by atoms with Crippen LogP contribution in [0.15, 0.2) is 41.1 Å². The fourth-order valence-corrected chi connectivity index (χ4v) is 2.66. The molecule has 19 heavy (non-hydrogen) atoms. The van der Waals surface area contributed by atoms with Gasteiger partial charge in [-0.3, -0.25) is 0 Å². The molecule has 1 aromatic carbocycles. The van der Waals surface area contributed by atoms with Gasteiger partial charge in [0.15, 0.2) is 0 Å². The number of rotatable bonds is 5. The number of thiophene rings is 1. The van der Waals surface area contributed by atoms with Crippen LogP contribution in [0.25, 0.3) is 0 Å². The Kier molecular flexibility index (Phi) is 4.34. The van der Waals surface area contributed by atoms with E-state index in [9.17, 15) is 9.50 Å². The minimum absolute atomic E-state index is 0.179. The molecule has 2 unspecified atom stereocenters. The molecule has 0 aliphatic heterocycles. The predicted octanol–water partition coefficient (Wildman–Crippen LogP) is 3.45. The normalized spacial score (nSPS) is 16.0. The molecule has 0 radical (unpaired) electrons. The highest BCUT2D eigenvalue weighted by molar-refractivity contribution is 7.07. The fraction of sp³-hybridized carbons (Fsp3) is 0.333. The van der Waals surface area contributed by atoms with Crippen molar-refractivity contribution in [2.24, 2.45) is 0 Å². The molecule has 4 heteroatoms. The van der Waals surface area contributed by atoms with Crippen molar-refractivity contribution in [2.75, 3.05) is 6.54 Å². The van der Waals surface area contributed by atoms with E-state index in [1.54, 1.807) is 30.4 Å². The van der Waals surface area contributed by atoms with Gasteiger partial charge in [-0.25, -0.2) is 4.39 Å². The van der Waals surface area contributed by atoms with Crippen LogP contribution in [0.5, 0.6) is 0 Å². The summed E-state index contributed by atoms with van der Waals surface area (Å²) >= 11 is 1.66. The van der Waals surface area contributed by atoms with Crippen molar-refractivity contribution >= 4 is 11.3 Å². The van der Waals surface area contributed by atoms with Gasteiger partial charge in [0.25, 0.3) is 0 Å². The summed E-state index contributed by atoms with van der Waals surface area (Å²) in [6.45, 7) is 4.20. The average molecular weight is 279 g/mol. The van der Waals surface area contributed by atoms with Crippen LogP contribution in [0.4, 0.5) is 4.39 Å². The monoisotopic (exact) mass is 279 g/mol. The largest absolute Gasteiger partial charge is 0.384 e. The summed E-state index contributed by atoms with van der Waals surface area (Å²) in [4.78, 5) is 0. The summed E-state index contributed by atoms with van der Waals surface area (Å²) in [5.41, 5.74) is 0.900. The van der Waals surface area contributed by atoms with Crippen molar-refractivity contribution < 1.29 is 9.50 Å². The first kappa shape index (κ1) is 14.2. The molecular formula is C15H18FNOS. The zero-order chi connectivity index (χ0) is 13.9. The highest BCUT2D eigenvalue weighted by atomic mass is 32.1. The molecular weight excluding hydrogens is 261 g/mol. The van der Waals surface area contributed by atoms with E-state index in [2.05, 4.69) is 23.7 Å². The van der Waals surface area contributed by atoms with Crippen molar-refractivity contribution in [3.05, 3.63) is 58.0 Å². The van der Waals surface area contributed by atoms with Crippen molar-refractivity contribution in [2.45, 2.75) is 25.5 Å². The van der Waals surface area contributed by atoms with Crippen LogP contribution in [0.2, 0.25) is 0 Å². The number of halogens is 1. The SMILES string of the molecule is CC(NCC(C)(O)c1ccc(F)cc1)c1ccsc1. The topological polar surface area (TPSA) is 32.3 Å². The smallest absolute Gasteiger partial charge is 0.123 e. The number of benzene rings is 1. The van der Waals surface area contributed by atoms with E-state index in [4.69, 9.17) is 0 Å². The number of aliphatic hydroxyl groups is 1. The second-order valence-corrected chi connectivity index (χ2v) is 5.72. The van der Waals surface area contributed by atoms with Gasteiger partial charge in [0.1, 0.15) is 5.82 Å². The Balaban J connectivity index is 1.99. The first-order chi connectivity index (χ1) is 8.99. The highest BCUT2D eigenvalue weighted by Crippen LogP contribution is 2.22. The van der Waals surface area contributed by atoms with Gasteiger partial charge in [-0.2, -0.15) is 11.3 Å². The van der Waals surface area contributed by atoms with Gasteiger partial charge < -0.3 is 10.4 Å². The first-order valence-corrected chi connectivity index (χ1v) is 7.17. The molecule has 1 heterocycles.